The molecule has 29 heavy (non-hydrogen) atoms. The maximum absolute atomic E-state index is 13.2. The molecule has 0 N–H and O–H groups in total. The lowest BCUT2D eigenvalue weighted by Crippen LogP contribution is -2.46. The minimum atomic E-state index is -0.362. The highest BCUT2D eigenvalue weighted by molar-refractivity contribution is 7.18. The molecule has 2 unspecified atom stereocenters. The third-order valence-corrected chi connectivity index (χ3v) is 7.23. The van der Waals surface area contributed by atoms with Gasteiger partial charge in [0.05, 0.1) is 33.4 Å². The fraction of sp³-hybridized carbons (Fsp3) is 0.348. The SMILES string of the molecule is Cc1ccccc1N1C(=O)CC(N2CCCC(c3nc4ccccc4s3)C2)C1=O. The van der Waals surface area contributed by atoms with Crippen LogP contribution in [0.15, 0.2) is 48.5 Å². The van der Waals surface area contributed by atoms with Gasteiger partial charge in [0, 0.05) is 12.5 Å². The molecule has 6 heteroatoms. The standard InChI is InChI=1S/C23H23N3O2S/c1-15-7-2-4-10-18(15)26-21(27)13-19(23(26)28)25-12-6-8-16(14-25)22-24-17-9-3-5-11-20(17)29-22/h2-5,7,9-11,16,19H,6,8,12-14H2,1H3. The Hall–Kier alpha value is -2.57. The Labute approximate surface area is 174 Å². The number of hydrogen-bond donors (Lipinski definition) is 0. The van der Waals surface area contributed by atoms with Crippen molar-refractivity contribution in [3.05, 3.63) is 59.1 Å². The number of carbonyl (C=O) groups excluding carboxylic acids is 2. The minimum absolute atomic E-state index is 0.0887. The van der Waals surface area contributed by atoms with E-state index < -0.39 is 0 Å². The highest BCUT2D eigenvalue weighted by atomic mass is 32.1. The summed E-state index contributed by atoms with van der Waals surface area (Å²) in [6.45, 7) is 3.57. The van der Waals surface area contributed by atoms with E-state index in [1.165, 1.54) is 9.60 Å². The average Bonchev–Trinajstić information content (AvgIpc) is 3.30. The Kier molecular flexibility index (Phi) is 4.68. The smallest absolute Gasteiger partial charge is 0.251 e. The van der Waals surface area contributed by atoms with E-state index in [1.807, 2.05) is 43.3 Å². The Morgan fingerprint density at radius 1 is 1.07 bits per heavy atom. The number of benzene rings is 2. The van der Waals surface area contributed by atoms with Gasteiger partial charge in [-0.05, 0) is 50.1 Å². The number of carbonyl (C=O) groups is 2. The van der Waals surface area contributed by atoms with Gasteiger partial charge in [0.1, 0.15) is 0 Å². The number of rotatable bonds is 3. The second-order valence-electron chi connectivity index (χ2n) is 7.93. The van der Waals surface area contributed by atoms with Gasteiger partial charge in [0.2, 0.25) is 5.91 Å². The summed E-state index contributed by atoms with van der Waals surface area (Å²) in [5.74, 6) is 0.127. The third-order valence-electron chi connectivity index (χ3n) is 6.03. The van der Waals surface area contributed by atoms with Gasteiger partial charge in [-0.3, -0.25) is 14.5 Å². The molecule has 2 atom stereocenters. The summed E-state index contributed by atoms with van der Waals surface area (Å²) in [7, 11) is 0. The number of likely N-dealkylation sites (tertiary alicyclic amines) is 1. The van der Waals surface area contributed by atoms with Crippen LogP contribution in [0.2, 0.25) is 0 Å². The Morgan fingerprint density at radius 2 is 1.86 bits per heavy atom. The van der Waals surface area contributed by atoms with Crippen LogP contribution in [0.25, 0.3) is 10.2 Å². The number of imide groups is 1. The zero-order valence-electron chi connectivity index (χ0n) is 16.4. The molecule has 2 aliphatic heterocycles. The number of anilines is 1. The molecule has 5 rings (SSSR count). The summed E-state index contributed by atoms with van der Waals surface area (Å²) in [6, 6.07) is 15.4. The van der Waals surface area contributed by atoms with E-state index in [2.05, 4.69) is 17.0 Å². The van der Waals surface area contributed by atoms with E-state index in [4.69, 9.17) is 4.98 Å². The van der Waals surface area contributed by atoms with Crippen LogP contribution < -0.4 is 4.90 Å². The van der Waals surface area contributed by atoms with Crippen molar-refractivity contribution in [3.63, 3.8) is 0 Å². The first-order chi connectivity index (χ1) is 14.1. The van der Waals surface area contributed by atoms with E-state index in [0.717, 1.165) is 42.0 Å². The number of thiazole rings is 1. The van der Waals surface area contributed by atoms with Crippen molar-refractivity contribution in [1.82, 2.24) is 9.88 Å². The number of fused-ring (bicyclic) bond motifs is 1. The third kappa shape index (κ3) is 3.26. The zero-order chi connectivity index (χ0) is 20.0. The minimum Gasteiger partial charge on any atom is -0.291 e. The Morgan fingerprint density at radius 3 is 2.69 bits per heavy atom. The largest absolute Gasteiger partial charge is 0.291 e. The molecule has 1 aromatic heterocycles. The molecule has 3 heterocycles. The average molecular weight is 406 g/mol. The molecule has 2 saturated heterocycles. The number of aromatic nitrogens is 1. The summed E-state index contributed by atoms with van der Waals surface area (Å²) in [6.07, 6.45) is 2.36. The molecule has 3 aromatic rings. The number of aryl methyl sites for hydroxylation is 1. The quantitative estimate of drug-likeness (QED) is 0.615. The molecule has 0 saturated carbocycles. The van der Waals surface area contributed by atoms with E-state index in [1.54, 1.807) is 11.3 Å². The molecule has 2 fully saturated rings. The van der Waals surface area contributed by atoms with Gasteiger partial charge in [-0.25, -0.2) is 9.88 Å². The van der Waals surface area contributed by atoms with Crippen molar-refractivity contribution in [1.29, 1.82) is 0 Å². The van der Waals surface area contributed by atoms with Gasteiger partial charge < -0.3 is 0 Å². The highest BCUT2D eigenvalue weighted by Gasteiger charge is 2.44. The van der Waals surface area contributed by atoms with Gasteiger partial charge in [-0.15, -0.1) is 11.3 Å². The molecule has 2 amide bonds. The van der Waals surface area contributed by atoms with E-state index >= 15 is 0 Å². The first-order valence-electron chi connectivity index (χ1n) is 10.1. The highest BCUT2D eigenvalue weighted by Crippen LogP contribution is 2.35. The predicted molar refractivity (Wildman–Crippen MR) is 115 cm³/mol. The van der Waals surface area contributed by atoms with Crippen LogP contribution >= 0.6 is 11.3 Å². The van der Waals surface area contributed by atoms with Crippen LogP contribution in [0.4, 0.5) is 5.69 Å². The van der Waals surface area contributed by atoms with Crippen molar-refractivity contribution in [2.24, 2.45) is 0 Å². The van der Waals surface area contributed by atoms with Gasteiger partial charge in [-0.2, -0.15) is 0 Å². The second kappa shape index (κ2) is 7.35. The summed E-state index contributed by atoms with van der Waals surface area (Å²) in [4.78, 5) is 34.4. The molecule has 2 aliphatic rings. The Bertz CT molecular complexity index is 1060. The first kappa shape index (κ1) is 18.5. The van der Waals surface area contributed by atoms with Gasteiger partial charge in [0.25, 0.3) is 5.91 Å². The topological polar surface area (TPSA) is 53.5 Å². The fourth-order valence-electron chi connectivity index (χ4n) is 4.52. The van der Waals surface area contributed by atoms with Gasteiger partial charge >= 0.3 is 0 Å². The second-order valence-corrected chi connectivity index (χ2v) is 8.99. The van der Waals surface area contributed by atoms with E-state index in [9.17, 15) is 9.59 Å². The summed E-state index contributed by atoms with van der Waals surface area (Å²) in [5, 5.41) is 1.14. The summed E-state index contributed by atoms with van der Waals surface area (Å²) < 4.78 is 1.21. The normalized spacial score (nSPS) is 23.3. The lowest BCUT2D eigenvalue weighted by Gasteiger charge is -2.34. The molecular weight excluding hydrogens is 382 g/mol. The molecule has 2 aromatic carbocycles. The number of hydrogen-bond acceptors (Lipinski definition) is 5. The molecular formula is C23H23N3O2S. The maximum atomic E-state index is 13.2. The van der Waals surface area contributed by atoms with Crippen LogP contribution in [0.1, 0.15) is 35.8 Å². The zero-order valence-corrected chi connectivity index (χ0v) is 17.2. The van der Waals surface area contributed by atoms with Gasteiger partial charge in [-0.1, -0.05) is 30.3 Å². The number of para-hydroxylation sites is 2. The fourth-order valence-corrected chi connectivity index (χ4v) is 5.62. The Balaban J connectivity index is 1.37. The molecule has 5 nitrogen and oxygen atoms in total. The number of piperidine rings is 1. The van der Waals surface area contributed by atoms with Crippen molar-refractivity contribution < 1.29 is 9.59 Å². The van der Waals surface area contributed by atoms with Crippen molar-refractivity contribution >= 4 is 39.1 Å². The van der Waals surface area contributed by atoms with Crippen molar-refractivity contribution in [2.45, 2.75) is 38.1 Å². The van der Waals surface area contributed by atoms with E-state index in [0.29, 0.717) is 11.6 Å². The summed E-state index contributed by atoms with van der Waals surface area (Å²) in [5.41, 5.74) is 2.70. The predicted octanol–water partition coefficient (Wildman–Crippen LogP) is 4.12. The van der Waals surface area contributed by atoms with Crippen molar-refractivity contribution in [3.8, 4) is 0 Å². The number of amides is 2. The summed E-state index contributed by atoms with van der Waals surface area (Å²) >= 11 is 1.75. The monoisotopic (exact) mass is 405 g/mol. The van der Waals surface area contributed by atoms with Gasteiger partial charge in [0.15, 0.2) is 0 Å². The maximum Gasteiger partial charge on any atom is 0.251 e. The van der Waals surface area contributed by atoms with Crippen molar-refractivity contribution in [2.75, 3.05) is 18.0 Å². The number of nitrogens with zero attached hydrogens (tertiary/aromatic N) is 3. The van der Waals surface area contributed by atoms with Crippen LogP contribution in [0.5, 0.6) is 0 Å². The van der Waals surface area contributed by atoms with Crippen LogP contribution in [-0.4, -0.2) is 40.8 Å². The molecule has 0 radical (unpaired) electrons. The lowest BCUT2D eigenvalue weighted by atomic mass is 9.97. The van der Waals surface area contributed by atoms with Crippen LogP contribution in [0, 0.1) is 6.92 Å². The molecule has 148 valence electrons. The molecule has 0 aliphatic carbocycles. The first-order valence-corrected chi connectivity index (χ1v) is 11.0. The van der Waals surface area contributed by atoms with Crippen LogP contribution in [0.3, 0.4) is 0 Å². The lowest BCUT2D eigenvalue weighted by molar-refractivity contribution is -0.123. The molecule has 0 bridgehead atoms. The molecule has 0 spiro atoms. The van der Waals surface area contributed by atoms with E-state index in [-0.39, 0.29) is 24.3 Å². The van der Waals surface area contributed by atoms with Crippen LogP contribution in [-0.2, 0) is 9.59 Å².